The predicted octanol–water partition coefficient (Wildman–Crippen LogP) is 0.367. The molecule has 0 saturated carbocycles. The Kier molecular flexibility index (Phi) is 5.93. The Morgan fingerprint density at radius 3 is 2.73 bits per heavy atom. The molecule has 3 N–H and O–H groups in total. The van der Waals surface area contributed by atoms with E-state index in [0.717, 1.165) is 32.4 Å². The molecule has 0 spiro atoms. The number of aromatic nitrogens is 2. The third kappa shape index (κ3) is 4.82. The lowest BCUT2D eigenvalue weighted by molar-refractivity contribution is -0.120. The molecule has 2 amide bonds. The third-order valence-electron chi connectivity index (χ3n) is 5.42. The van der Waals surface area contributed by atoms with Crippen LogP contribution < -0.4 is 5.32 Å². The van der Waals surface area contributed by atoms with Gasteiger partial charge in [0.25, 0.3) is 5.91 Å². The molecule has 1 unspecified atom stereocenters. The first-order valence-electron chi connectivity index (χ1n) is 9.46. The van der Waals surface area contributed by atoms with Crippen LogP contribution in [0.15, 0.2) is 12.4 Å². The molecule has 2 aliphatic heterocycles. The number of likely N-dealkylation sites (tertiary alicyclic amines) is 2. The summed E-state index contributed by atoms with van der Waals surface area (Å²) in [4.78, 5) is 34.6. The van der Waals surface area contributed by atoms with E-state index in [-0.39, 0.29) is 17.9 Å². The Morgan fingerprint density at radius 1 is 1.31 bits per heavy atom. The highest BCUT2D eigenvalue weighted by molar-refractivity contribution is 5.90. The Labute approximate surface area is 154 Å². The molecule has 0 radical (unpaired) electrons. The summed E-state index contributed by atoms with van der Waals surface area (Å²) in [5.41, 5.74) is -0.765. The summed E-state index contributed by atoms with van der Waals surface area (Å²) >= 11 is 0. The van der Waals surface area contributed by atoms with Crippen molar-refractivity contribution in [1.29, 1.82) is 0 Å². The maximum atomic E-state index is 12.4. The number of rotatable bonds is 4. The summed E-state index contributed by atoms with van der Waals surface area (Å²) in [7, 11) is 0. The number of aromatic amines is 1. The molecule has 1 atom stereocenters. The second-order valence-corrected chi connectivity index (χ2v) is 7.56. The number of H-pyrrole nitrogens is 1. The van der Waals surface area contributed by atoms with E-state index < -0.39 is 5.60 Å². The smallest absolute Gasteiger partial charge is 0.289 e. The van der Waals surface area contributed by atoms with Crippen molar-refractivity contribution in [2.24, 2.45) is 0 Å². The number of hydrogen-bond donors (Lipinski definition) is 3. The Morgan fingerprint density at radius 2 is 2.08 bits per heavy atom. The highest BCUT2D eigenvalue weighted by Crippen LogP contribution is 2.25. The van der Waals surface area contributed by atoms with E-state index in [2.05, 4.69) is 20.2 Å². The average Bonchev–Trinajstić information content (AvgIpc) is 3.06. The van der Waals surface area contributed by atoms with Crippen molar-refractivity contribution in [3.63, 3.8) is 0 Å². The molecule has 3 heterocycles. The van der Waals surface area contributed by atoms with Crippen LogP contribution in [-0.4, -0.2) is 81.1 Å². The second kappa shape index (κ2) is 8.18. The molecule has 26 heavy (non-hydrogen) atoms. The van der Waals surface area contributed by atoms with Crippen LogP contribution in [0.25, 0.3) is 0 Å². The minimum absolute atomic E-state index is 0.0205. The van der Waals surface area contributed by atoms with Crippen LogP contribution in [0, 0.1) is 0 Å². The minimum Gasteiger partial charge on any atom is -0.388 e. The maximum absolute atomic E-state index is 12.4. The molecule has 0 aromatic carbocycles. The molecule has 0 aliphatic carbocycles. The van der Waals surface area contributed by atoms with E-state index in [1.54, 1.807) is 24.2 Å². The Balaban J connectivity index is 1.50. The highest BCUT2D eigenvalue weighted by atomic mass is 16.3. The average molecular weight is 363 g/mol. The van der Waals surface area contributed by atoms with Crippen molar-refractivity contribution < 1.29 is 14.7 Å². The van der Waals surface area contributed by atoms with Crippen LogP contribution in [0.5, 0.6) is 0 Å². The normalized spacial score (nSPS) is 25.7. The van der Waals surface area contributed by atoms with Gasteiger partial charge in [-0.15, -0.1) is 0 Å². The van der Waals surface area contributed by atoms with E-state index >= 15 is 0 Å². The van der Waals surface area contributed by atoms with Gasteiger partial charge in [-0.25, -0.2) is 4.98 Å². The quantitative estimate of drug-likeness (QED) is 0.717. The number of β-amino-alcohol motifs (C(OH)–C–C–N with tert-alkyl or cyclic N) is 1. The molecule has 0 bridgehead atoms. The Bertz CT molecular complexity index is 612. The van der Waals surface area contributed by atoms with Gasteiger partial charge >= 0.3 is 0 Å². The fourth-order valence-corrected chi connectivity index (χ4v) is 4.01. The fraction of sp³-hybridized carbons (Fsp3) is 0.722. The third-order valence-corrected chi connectivity index (χ3v) is 5.42. The lowest BCUT2D eigenvalue weighted by Gasteiger charge is -2.38. The summed E-state index contributed by atoms with van der Waals surface area (Å²) in [5, 5.41) is 14.0. The van der Waals surface area contributed by atoms with Crippen LogP contribution in [0.2, 0.25) is 0 Å². The lowest BCUT2D eigenvalue weighted by atomic mass is 9.93. The van der Waals surface area contributed by atoms with Crippen molar-refractivity contribution in [2.45, 2.75) is 50.7 Å². The summed E-state index contributed by atoms with van der Waals surface area (Å²) in [6, 6.07) is 0.244. The number of hydrogen-bond acceptors (Lipinski definition) is 5. The zero-order valence-corrected chi connectivity index (χ0v) is 15.4. The summed E-state index contributed by atoms with van der Waals surface area (Å²) < 4.78 is 0. The summed E-state index contributed by atoms with van der Waals surface area (Å²) in [6.45, 7) is 5.12. The van der Waals surface area contributed by atoms with Gasteiger partial charge in [-0.1, -0.05) is 0 Å². The predicted molar refractivity (Wildman–Crippen MR) is 96.6 cm³/mol. The molecule has 8 heteroatoms. The van der Waals surface area contributed by atoms with Gasteiger partial charge < -0.3 is 25.2 Å². The largest absolute Gasteiger partial charge is 0.388 e. The summed E-state index contributed by atoms with van der Waals surface area (Å²) in [6.07, 6.45) is 7.10. The molecule has 1 aromatic heterocycles. The van der Waals surface area contributed by atoms with E-state index in [4.69, 9.17) is 0 Å². The molecule has 144 valence electrons. The number of piperidine rings is 1. The van der Waals surface area contributed by atoms with Gasteiger partial charge in [-0.2, -0.15) is 0 Å². The Hall–Kier alpha value is -1.93. The number of imidazole rings is 1. The molecule has 8 nitrogen and oxygen atoms in total. The van der Waals surface area contributed by atoms with E-state index in [1.165, 1.54) is 0 Å². The molecular formula is C18H29N5O3. The fourth-order valence-electron chi connectivity index (χ4n) is 4.01. The first-order valence-corrected chi connectivity index (χ1v) is 9.46. The summed E-state index contributed by atoms with van der Waals surface area (Å²) in [5.74, 6) is 0.276. The number of aliphatic hydroxyl groups is 1. The number of amides is 2. The number of nitrogens with one attached hydrogen (secondary N) is 2. The van der Waals surface area contributed by atoms with Gasteiger partial charge in [-0.05, 0) is 32.1 Å². The topological polar surface area (TPSA) is 102 Å². The maximum Gasteiger partial charge on any atom is 0.289 e. The number of carbonyl (C=O) groups is 2. The number of nitrogens with zero attached hydrogens (tertiary/aromatic N) is 3. The molecule has 2 saturated heterocycles. The van der Waals surface area contributed by atoms with Crippen molar-refractivity contribution in [1.82, 2.24) is 25.1 Å². The van der Waals surface area contributed by atoms with Gasteiger partial charge in [0.15, 0.2) is 5.82 Å². The lowest BCUT2D eigenvalue weighted by Crippen LogP contribution is -2.50. The van der Waals surface area contributed by atoms with Crippen LogP contribution in [0.1, 0.15) is 49.6 Å². The van der Waals surface area contributed by atoms with E-state index in [0.29, 0.717) is 38.3 Å². The van der Waals surface area contributed by atoms with Crippen LogP contribution in [-0.2, 0) is 4.79 Å². The number of carbonyl (C=O) groups excluding carboxylic acids is 2. The molecule has 3 rings (SSSR count). The van der Waals surface area contributed by atoms with Crippen molar-refractivity contribution >= 4 is 11.8 Å². The first kappa shape index (κ1) is 18.8. The monoisotopic (exact) mass is 363 g/mol. The molecule has 1 aromatic rings. The van der Waals surface area contributed by atoms with Crippen LogP contribution >= 0.6 is 0 Å². The van der Waals surface area contributed by atoms with E-state index in [1.807, 2.05) is 0 Å². The molecular weight excluding hydrogens is 334 g/mol. The first-order chi connectivity index (χ1) is 12.5. The second-order valence-electron chi connectivity index (χ2n) is 7.56. The van der Waals surface area contributed by atoms with E-state index in [9.17, 15) is 14.7 Å². The van der Waals surface area contributed by atoms with Gasteiger partial charge in [0.05, 0.1) is 5.60 Å². The standard InChI is InChI=1S/C18H29N5O3/c1-14(24)21-15-3-10-22(11-4-15)13-18(26)5-2-9-23(12-6-18)17(25)16-19-7-8-20-16/h7-8,15,26H,2-6,9-13H2,1H3,(H,19,20)(H,21,24). The zero-order chi connectivity index (χ0) is 18.6. The van der Waals surface area contributed by atoms with Gasteiger partial charge in [-0.3, -0.25) is 9.59 Å². The molecule has 2 aliphatic rings. The van der Waals surface area contributed by atoms with Crippen LogP contribution in [0.3, 0.4) is 0 Å². The zero-order valence-electron chi connectivity index (χ0n) is 15.4. The van der Waals surface area contributed by atoms with Crippen molar-refractivity contribution in [3.8, 4) is 0 Å². The van der Waals surface area contributed by atoms with Gasteiger partial charge in [0, 0.05) is 58.1 Å². The SMILES string of the molecule is CC(=O)NC1CCN(CC2(O)CCCN(C(=O)c3ncc[nH]3)CC2)CC1. The van der Waals surface area contributed by atoms with Gasteiger partial charge in [0.1, 0.15) is 0 Å². The van der Waals surface area contributed by atoms with Crippen LogP contribution in [0.4, 0.5) is 0 Å². The van der Waals surface area contributed by atoms with Gasteiger partial charge in [0.2, 0.25) is 5.91 Å². The minimum atomic E-state index is -0.765. The van der Waals surface area contributed by atoms with Crippen molar-refractivity contribution in [3.05, 3.63) is 18.2 Å². The highest BCUT2D eigenvalue weighted by Gasteiger charge is 2.34. The van der Waals surface area contributed by atoms with Crippen molar-refractivity contribution in [2.75, 3.05) is 32.7 Å². The molecule has 2 fully saturated rings.